The Kier molecular flexibility index (Phi) is 3.58. The summed E-state index contributed by atoms with van der Waals surface area (Å²) in [5, 5.41) is 9.25. The lowest BCUT2D eigenvalue weighted by atomic mass is 10.3. The summed E-state index contributed by atoms with van der Waals surface area (Å²) in [6.07, 6.45) is 3.54. The number of rotatable bonds is 4. The zero-order chi connectivity index (χ0) is 12.3. The fraction of sp³-hybridized carbons (Fsp3) is 0.250. The van der Waals surface area contributed by atoms with Crippen molar-refractivity contribution in [2.45, 2.75) is 12.1 Å². The molecule has 0 amide bonds. The predicted octanol–water partition coefficient (Wildman–Crippen LogP) is 2.55. The van der Waals surface area contributed by atoms with Gasteiger partial charge in [-0.1, -0.05) is 23.9 Å². The number of nitrogens with zero attached hydrogens (tertiary/aromatic N) is 4. The number of pyridine rings is 1. The largest absolute Gasteiger partial charge is 0.305 e. The first-order chi connectivity index (χ1) is 8.18. The maximum absolute atomic E-state index is 4.19. The Balaban J connectivity index is 2.24. The molecular formula is C12H14N4S. The summed E-state index contributed by atoms with van der Waals surface area (Å²) < 4.78 is 1.98. The Labute approximate surface area is 105 Å². The zero-order valence-electron chi connectivity index (χ0n) is 9.92. The van der Waals surface area contributed by atoms with Crippen molar-refractivity contribution in [1.29, 1.82) is 0 Å². The van der Waals surface area contributed by atoms with E-state index in [4.69, 9.17) is 0 Å². The molecule has 17 heavy (non-hydrogen) atoms. The first-order valence-electron chi connectivity index (χ1n) is 5.25. The highest BCUT2D eigenvalue weighted by molar-refractivity contribution is 7.99. The summed E-state index contributed by atoms with van der Waals surface area (Å²) in [6.45, 7) is 5.88. The molecule has 0 unspecified atom stereocenters. The van der Waals surface area contributed by atoms with Crippen LogP contribution in [0.25, 0.3) is 11.4 Å². The zero-order valence-corrected chi connectivity index (χ0v) is 10.7. The Bertz CT molecular complexity index is 519. The fourth-order valence-electron chi connectivity index (χ4n) is 1.37. The molecule has 0 saturated heterocycles. The van der Waals surface area contributed by atoms with E-state index in [1.165, 1.54) is 0 Å². The van der Waals surface area contributed by atoms with E-state index >= 15 is 0 Å². The summed E-state index contributed by atoms with van der Waals surface area (Å²) in [7, 11) is 1.96. The summed E-state index contributed by atoms with van der Waals surface area (Å²) in [4.78, 5) is 4.08. The van der Waals surface area contributed by atoms with Gasteiger partial charge in [-0.15, -0.1) is 10.2 Å². The Morgan fingerprint density at radius 1 is 1.47 bits per heavy atom. The minimum absolute atomic E-state index is 0.835. The van der Waals surface area contributed by atoms with Crippen LogP contribution in [0.3, 0.4) is 0 Å². The van der Waals surface area contributed by atoms with Crippen LogP contribution in [0.1, 0.15) is 6.92 Å². The lowest BCUT2D eigenvalue weighted by molar-refractivity contribution is 0.794. The number of thioether (sulfide) groups is 1. The number of hydrogen-bond donors (Lipinski definition) is 0. The van der Waals surface area contributed by atoms with Crippen LogP contribution >= 0.6 is 11.8 Å². The number of aromatic nitrogens is 4. The Morgan fingerprint density at radius 3 is 2.94 bits per heavy atom. The summed E-state index contributed by atoms with van der Waals surface area (Å²) >= 11 is 1.64. The molecule has 0 spiro atoms. The first-order valence-corrected chi connectivity index (χ1v) is 6.24. The van der Waals surface area contributed by atoms with Crippen molar-refractivity contribution in [3.63, 3.8) is 0 Å². The molecule has 0 aliphatic rings. The molecule has 88 valence electrons. The van der Waals surface area contributed by atoms with Crippen LogP contribution in [0, 0.1) is 0 Å². The molecule has 2 aromatic heterocycles. The van der Waals surface area contributed by atoms with Gasteiger partial charge in [-0.25, -0.2) is 0 Å². The summed E-state index contributed by atoms with van der Waals surface area (Å²) in [5.41, 5.74) is 2.10. The smallest absolute Gasteiger partial charge is 0.191 e. The van der Waals surface area contributed by atoms with Gasteiger partial charge in [-0.3, -0.25) is 4.98 Å². The van der Waals surface area contributed by atoms with Crippen LogP contribution in [-0.4, -0.2) is 25.5 Å². The monoisotopic (exact) mass is 246 g/mol. The quantitative estimate of drug-likeness (QED) is 0.614. The van der Waals surface area contributed by atoms with Crippen molar-refractivity contribution in [1.82, 2.24) is 19.7 Å². The molecule has 0 aromatic carbocycles. The third-order valence-electron chi connectivity index (χ3n) is 2.20. The fourth-order valence-corrected chi connectivity index (χ4v) is 2.13. The average Bonchev–Trinajstić information content (AvgIpc) is 2.69. The standard InChI is InChI=1S/C12H14N4S/c1-9(2)8-17-12-15-14-11(16(12)3)10-5-4-6-13-7-10/h4-7H,1,8H2,2-3H3. The van der Waals surface area contributed by atoms with Gasteiger partial charge in [0.05, 0.1) is 0 Å². The molecule has 5 heteroatoms. The van der Waals surface area contributed by atoms with E-state index in [1.807, 2.05) is 30.7 Å². The summed E-state index contributed by atoms with van der Waals surface area (Å²) in [5.74, 6) is 1.70. The molecule has 0 bridgehead atoms. The van der Waals surface area contributed by atoms with E-state index in [0.717, 1.165) is 27.9 Å². The lowest BCUT2D eigenvalue weighted by Gasteiger charge is -2.03. The van der Waals surface area contributed by atoms with Crippen LogP contribution in [0.15, 0.2) is 41.8 Å². The van der Waals surface area contributed by atoms with Gasteiger partial charge in [0.2, 0.25) is 0 Å². The summed E-state index contributed by atoms with van der Waals surface area (Å²) in [6, 6.07) is 3.87. The molecule has 4 nitrogen and oxygen atoms in total. The highest BCUT2D eigenvalue weighted by Crippen LogP contribution is 2.22. The SMILES string of the molecule is C=C(C)CSc1nnc(-c2cccnc2)n1C. The third kappa shape index (κ3) is 2.74. The van der Waals surface area contributed by atoms with E-state index < -0.39 is 0 Å². The Morgan fingerprint density at radius 2 is 2.29 bits per heavy atom. The van der Waals surface area contributed by atoms with Crippen molar-refractivity contribution < 1.29 is 0 Å². The minimum atomic E-state index is 0.835. The molecule has 0 saturated carbocycles. The molecule has 0 N–H and O–H groups in total. The van der Waals surface area contributed by atoms with Gasteiger partial charge in [-0.2, -0.15) is 0 Å². The van der Waals surface area contributed by atoms with Crippen molar-refractivity contribution >= 4 is 11.8 Å². The highest BCUT2D eigenvalue weighted by atomic mass is 32.2. The molecule has 2 aromatic rings. The van der Waals surface area contributed by atoms with Crippen LogP contribution in [0.4, 0.5) is 0 Å². The van der Waals surface area contributed by atoms with Crippen molar-refractivity contribution in [3.8, 4) is 11.4 Å². The van der Waals surface area contributed by atoms with E-state index in [0.29, 0.717) is 0 Å². The third-order valence-corrected chi connectivity index (χ3v) is 3.45. The predicted molar refractivity (Wildman–Crippen MR) is 69.8 cm³/mol. The molecule has 0 aliphatic carbocycles. The van der Waals surface area contributed by atoms with Crippen LogP contribution in [0.2, 0.25) is 0 Å². The lowest BCUT2D eigenvalue weighted by Crippen LogP contribution is -1.95. The molecule has 0 atom stereocenters. The van der Waals surface area contributed by atoms with E-state index in [-0.39, 0.29) is 0 Å². The van der Waals surface area contributed by atoms with Gasteiger partial charge >= 0.3 is 0 Å². The second-order valence-corrected chi connectivity index (χ2v) is 4.80. The molecule has 0 radical (unpaired) electrons. The Hall–Kier alpha value is -1.62. The van der Waals surface area contributed by atoms with Gasteiger partial charge in [0.1, 0.15) is 0 Å². The molecule has 0 aliphatic heterocycles. The first kappa shape index (κ1) is 11.9. The van der Waals surface area contributed by atoms with Crippen LogP contribution in [0.5, 0.6) is 0 Å². The van der Waals surface area contributed by atoms with Gasteiger partial charge in [0, 0.05) is 30.8 Å². The van der Waals surface area contributed by atoms with Crippen LogP contribution in [-0.2, 0) is 7.05 Å². The topological polar surface area (TPSA) is 43.6 Å². The molecule has 2 rings (SSSR count). The second kappa shape index (κ2) is 5.14. The second-order valence-electron chi connectivity index (χ2n) is 3.85. The van der Waals surface area contributed by atoms with Crippen molar-refractivity contribution in [2.75, 3.05) is 5.75 Å². The van der Waals surface area contributed by atoms with E-state index in [1.54, 1.807) is 24.2 Å². The molecule has 2 heterocycles. The van der Waals surface area contributed by atoms with Gasteiger partial charge < -0.3 is 4.57 Å². The van der Waals surface area contributed by atoms with Gasteiger partial charge in [-0.05, 0) is 19.1 Å². The highest BCUT2D eigenvalue weighted by Gasteiger charge is 2.10. The molecule has 0 fully saturated rings. The molecular weight excluding hydrogens is 232 g/mol. The van der Waals surface area contributed by atoms with Crippen molar-refractivity contribution in [3.05, 3.63) is 36.7 Å². The maximum Gasteiger partial charge on any atom is 0.191 e. The van der Waals surface area contributed by atoms with E-state index in [2.05, 4.69) is 21.8 Å². The van der Waals surface area contributed by atoms with Gasteiger partial charge in [0.15, 0.2) is 11.0 Å². The van der Waals surface area contributed by atoms with Crippen LogP contribution < -0.4 is 0 Å². The minimum Gasteiger partial charge on any atom is -0.305 e. The number of hydrogen-bond acceptors (Lipinski definition) is 4. The normalized spacial score (nSPS) is 10.5. The van der Waals surface area contributed by atoms with Crippen molar-refractivity contribution in [2.24, 2.45) is 7.05 Å². The maximum atomic E-state index is 4.19. The van der Waals surface area contributed by atoms with Gasteiger partial charge in [0.25, 0.3) is 0 Å². The van der Waals surface area contributed by atoms with E-state index in [9.17, 15) is 0 Å². The average molecular weight is 246 g/mol.